The quantitative estimate of drug-likeness (QED) is 0.589. The molecule has 0 radical (unpaired) electrons. The van der Waals surface area contributed by atoms with Crippen LogP contribution in [0.5, 0.6) is 23.0 Å². The van der Waals surface area contributed by atoms with Crippen LogP contribution in [-0.4, -0.2) is 45.9 Å². The molecule has 1 fully saturated rings. The maximum atomic E-state index is 13.3. The zero-order valence-electron chi connectivity index (χ0n) is 19.8. The lowest BCUT2D eigenvalue weighted by molar-refractivity contribution is -0.154. The van der Waals surface area contributed by atoms with Gasteiger partial charge in [-0.05, 0) is 55.7 Å². The van der Waals surface area contributed by atoms with Crippen LogP contribution in [0.1, 0.15) is 49.8 Å². The van der Waals surface area contributed by atoms with Gasteiger partial charge in [0.15, 0.2) is 18.1 Å². The monoisotopic (exact) mass is 469 g/mol. The predicted octanol–water partition coefficient (Wildman–Crippen LogP) is 3.71. The highest BCUT2D eigenvalue weighted by molar-refractivity contribution is 5.87. The highest BCUT2D eigenvalue weighted by Gasteiger charge is 2.45. The number of carbonyl (C=O) groups is 2. The van der Waals surface area contributed by atoms with Crippen molar-refractivity contribution in [2.75, 3.05) is 34.0 Å². The second kappa shape index (κ2) is 10.2. The molecular formula is C26H31NO7. The Kier molecular flexibility index (Phi) is 7.14. The summed E-state index contributed by atoms with van der Waals surface area (Å²) in [7, 11) is 3.15. The average molecular weight is 470 g/mol. The van der Waals surface area contributed by atoms with Crippen molar-refractivity contribution in [2.24, 2.45) is 0 Å². The third-order valence-corrected chi connectivity index (χ3v) is 6.56. The fraction of sp³-hybridized carbons (Fsp3) is 0.462. The van der Waals surface area contributed by atoms with Crippen LogP contribution in [0.3, 0.4) is 0 Å². The van der Waals surface area contributed by atoms with Gasteiger partial charge in [-0.3, -0.25) is 9.59 Å². The van der Waals surface area contributed by atoms with Crippen molar-refractivity contribution in [1.29, 1.82) is 0 Å². The van der Waals surface area contributed by atoms with Gasteiger partial charge in [-0.25, -0.2) is 0 Å². The fourth-order valence-electron chi connectivity index (χ4n) is 4.74. The van der Waals surface area contributed by atoms with E-state index >= 15 is 0 Å². The number of rotatable bonds is 8. The Labute approximate surface area is 199 Å². The minimum Gasteiger partial charge on any atom is -0.497 e. The van der Waals surface area contributed by atoms with Gasteiger partial charge in [-0.15, -0.1) is 0 Å². The smallest absolute Gasteiger partial charge is 0.317 e. The van der Waals surface area contributed by atoms with E-state index in [0.29, 0.717) is 49.1 Å². The first-order valence-electron chi connectivity index (χ1n) is 11.6. The Morgan fingerprint density at radius 1 is 1.00 bits per heavy atom. The Hall–Kier alpha value is -3.42. The minimum atomic E-state index is -0.780. The molecule has 0 saturated heterocycles. The van der Waals surface area contributed by atoms with Crippen molar-refractivity contribution < 1.29 is 33.3 Å². The number of carbonyl (C=O) groups excluding carboxylic acids is 2. The summed E-state index contributed by atoms with van der Waals surface area (Å²) < 4.78 is 27.5. The molecule has 1 heterocycles. The Balaban J connectivity index is 1.42. The zero-order valence-corrected chi connectivity index (χ0v) is 19.8. The van der Waals surface area contributed by atoms with Crippen molar-refractivity contribution in [3.63, 3.8) is 0 Å². The van der Waals surface area contributed by atoms with Crippen molar-refractivity contribution >= 4 is 11.9 Å². The van der Waals surface area contributed by atoms with Crippen LogP contribution in [0, 0.1) is 0 Å². The van der Waals surface area contributed by atoms with Crippen LogP contribution in [-0.2, 0) is 19.7 Å². The van der Waals surface area contributed by atoms with Gasteiger partial charge < -0.3 is 29.0 Å². The fourth-order valence-corrected chi connectivity index (χ4v) is 4.74. The SMILES string of the molecule is COc1ccc(OC)c(C(C)NC(=O)COC(=O)C2(c3ccc4c(c3)OCCO4)CCCC2)c1. The average Bonchev–Trinajstić information content (AvgIpc) is 3.38. The van der Waals surface area contributed by atoms with Crippen LogP contribution in [0.15, 0.2) is 36.4 Å². The summed E-state index contributed by atoms with van der Waals surface area (Å²) in [6.07, 6.45) is 3.18. The number of methoxy groups -OCH3 is 2. The molecule has 4 rings (SSSR count). The number of nitrogens with one attached hydrogen (secondary N) is 1. The maximum absolute atomic E-state index is 13.3. The molecule has 0 aromatic heterocycles. The lowest BCUT2D eigenvalue weighted by atomic mass is 9.78. The van der Waals surface area contributed by atoms with E-state index in [0.717, 1.165) is 24.0 Å². The number of benzene rings is 2. The van der Waals surface area contributed by atoms with E-state index in [9.17, 15) is 9.59 Å². The summed E-state index contributed by atoms with van der Waals surface area (Å²) in [4.78, 5) is 25.9. The highest BCUT2D eigenvalue weighted by Crippen LogP contribution is 2.45. The molecule has 1 aliphatic carbocycles. The lowest BCUT2D eigenvalue weighted by Gasteiger charge is -2.29. The minimum absolute atomic E-state index is 0.359. The lowest BCUT2D eigenvalue weighted by Crippen LogP contribution is -2.38. The molecule has 1 N–H and O–H groups in total. The zero-order chi connectivity index (χ0) is 24.1. The van der Waals surface area contributed by atoms with E-state index in [4.69, 9.17) is 23.7 Å². The first kappa shape index (κ1) is 23.7. The number of ether oxygens (including phenoxy) is 5. The van der Waals surface area contributed by atoms with Gasteiger partial charge in [0, 0.05) is 5.56 Å². The van der Waals surface area contributed by atoms with Crippen LogP contribution < -0.4 is 24.3 Å². The highest BCUT2D eigenvalue weighted by atomic mass is 16.6. The Morgan fingerprint density at radius 3 is 2.44 bits per heavy atom. The van der Waals surface area contributed by atoms with Gasteiger partial charge in [0.05, 0.1) is 25.7 Å². The molecule has 8 nitrogen and oxygen atoms in total. The molecule has 2 aliphatic rings. The molecule has 0 spiro atoms. The van der Waals surface area contributed by atoms with Crippen LogP contribution in [0.2, 0.25) is 0 Å². The van der Waals surface area contributed by atoms with Crippen LogP contribution in [0.4, 0.5) is 0 Å². The molecule has 1 aliphatic heterocycles. The predicted molar refractivity (Wildman–Crippen MR) is 125 cm³/mol. The number of hydrogen-bond donors (Lipinski definition) is 1. The van der Waals surface area contributed by atoms with Gasteiger partial charge in [0.2, 0.25) is 0 Å². The standard InChI is InChI=1S/C26H31NO7/c1-17(20-15-19(30-2)7-9-21(20)31-3)27-24(28)16-34-25(29)26(10-4-5-11-26)18-6-8-22-23(14-18)33-13-12-32-22/h6-9,14-15,17H,4-5,10-13,16H2,1-3H3,(H,27,28). The van der Waals surface area contributed by atoms with Crippen LogP contribution >= 0.6 is 0 Å². The normalized spacial score (nSPS) is 16.9. The summed E-state index contributed by atoms with van der Waals surface area (Å²) >= 11 is 0. The molecule has 34 heavy (non-hydrogen) atoms. The number of esters is 1. The summed E-state index contributed by atoms with van der Waals surface area (Å²) in [5.74, 6) is 1.84. The summed E-state index contributed by atoms with van der Waals surface area (Å²) in [6.45, 7) is 2.46. The first-order valence-corrected chi connectivity index (χ1v) is 11.6. The molecule has 1 amide bonds. The molecule has 1 unspecified atom stereocenters. The second-order valence-corrected chi connectivity index (χ2v) is 8.62. The maximum Gasteiger partial charge on any atom is 0.317 e. The molecule has 2 aromatic carbocycles. The van der Waals surface area contributed by atoms with Gasteiger partial charge in [-0.1, -0.05) is 18.9 Å². The molecule has 0 bridgehead atoms. The van der Waals surface area contributed by atoms with E-state index in [1.807, 2.05) is 31.2 Å². The Bertz CT molecular complexity index is 1050. The van der Waals surface area contributed by atoms with E-state index in [2.05, 4.69) is 5.32 Å². The molecule has 1 saturated carbocycles. The third-order valence-electron chi connectivity index (χ3n) is 6.56. The first-order chi connectivity index (χ1) is 16.5. The number of fused-ring (bicyclic) bond motifs is 1. The number of amides is 1. The molecule has 8 heteroatoms. The molecule has 2 aromatic rings. The van der Waals surface area contributed by atoms with Crippen molar-refractivity contribution in [1.82, 2.24) is 5.32 Å². The van der Waals surface area contributed by atoms with E-state index in [1.54, 1.807) is 26.4 Å². The summed E-state index contributed by atoms with van der Waals surface area (Å²) in [5.41, 5.74) is 0.830. The third kappa shape index (κ3) is 4.76. The van der Waals surface area contributed by atoms with E-state index < -0.39 is 5.41 Å². The topological polar surface area (TPSA) is 92.3 Å². The molecule has 182 valence electrons. The van der Waals surface area contributed by atoms with Gasteiger partial charge in [-0.2, -0.15) is 0 Å². The summed E-state index contributed by atoms with van der Waals surface area (Å²) in [5, 5.41) is 2.87. The second-order valence-electron chi connectivity index (χ2n) is 8.62. The number of hydrogen-bond acceptors (Lipinski definition) is 7. The van der Waals surface area contributed by atoms with E-state index in [1.165, 1.54) is 0 Å². The van der Waals surface area contributed by atoms with Gasteiger partial charge in [0.1, 0.15) is 24.7 Å². The largest absolute Gasteiger partial charge is 0.497 e. The molecule has 1 atom stereocenters. The Morgan fingerprint density at radius 2 is 1.74 bits per heavy atom. The van der Waals surface area contributed by atoms with E-state index in [-0.39, 0.29) is 24.5 Å². The van der Waals surface area contributed by atoms with Crippen molar-refractivity contribution in [3.05, 3.63) is 47.5 Å². The van der Waals surface area contributed by atoms with Crippen LogP contribution in [0.25, 0.3) is 0 Å². The van der Waals surface area contributed by atoms with Crippen molar-refractivity contribution in [2.45, 2.75) is 44.1 Å². The van der Waals surface area contributed by atoms with Gasteiger partial charge >= 0.3 is 5.97 Å². The summed E-state index contributed by atoms with van der Waals surface area (Å²) in [6, 6.07) is 10.6. The molecular weight excluding hydrogens is 438 g/mol. The van der Waals surface area contributed by atoms with Crippen molar-refractivity contribution in [3.8, 4) is 23.0 Å². The van der Waals surface area contributed by atoms with Gasteiger partial charge in [0.25, 0.3) is 5.91 Å².